The monoisotopic (exact) mass is 810 g/mol. The number of hydrogen-bond acceptors (Lipinski definition) is 5. The largest absolute Gasteiger partial charge is 0.462 e. The van der Waals surface area contributed by atoms with E-state index >= 15 is 0 Å². The van der Waals surface area contributed by atoms with Gasteiger partial charge in [0.05, 0.1) is 25.2 Å². The average molecular weight is 810 g/mol. The van der Waals surface area contributed by atoms with Gasteiger partial charge in [0.1, 0.15) is 6.10 Å². The van der Waals surface area contributed by atoms with E-state index < -0.39 is 18.2 Å². The molecule has 0 saturated carbocycles. The van der Waals surface area contributed by atoms with Crippen LogP contribution in [0.2, 0.25) is 0 Å². The van der Waals surface area contributed by atoms with E-state index in [1.807, 2.05) is 0 Å². The van der Waals surface area contributed by atoms with E-state index in [-0.39, 0.29) is 24.9 Å². The molecule has 0 spiro atoms. The summed E-state index contributed by atoms with van der Waals surface area (Å²) in [7, 11) is 0. The number of aliphatic hydroxyl groups is 2. The van der Waals surface area contributed by atoms with Crippen LogP contribution in [0.5, 0.6) is 0 Å². The molecule has 1 amide bonds. The van der Waals surface area contributed by atoms with Crippen LogP contribution < -0.4 is 5.32 Å². The van der Waals surface area contributed by atoms with Crippen molar-refractivity contribution in [2.75, 3.05) is 6.61 Å². The van der Waals surface area contributed by atoms with Gasteiger partial charge in [-0.2, -0.15) is 0 Å². The van der Waals surface area contributed by atoms with Crippen molar-refractivity contribution in [2.45, 2.75) is 238 Å². The Balaban J connectivity index is 4.65. The highest BCUT2D eigenvalue weighted by Crippen LogP contribution is 2.17. The lowest BCUT2D eigenvalue weighted by molar-refractivity contribution is -0.151. The minimum absolute atomic E-state index is 0.0516. The third-order valence-electron chi connectivity index (χ3n) is 10.6. The lowest BCUT2D eigenvalue weighted by Crippen LogP contribution is -2.46. The van der Waals surface area contributed by atoms with Crippen molar-refractivity contribution in [1.29, 1.82) is 0 Å². The van der Waals surface area contributed by atoms with Crippen LogP contribution >= 0.6 is 0 Å². The molecule has 6 nitrogen and oxygen atoms in total. The van der Waals surface area contributed by atoms with Gasteiger partial charge in [-0.15, -0.1) is 0 Å². The molecule has 0 radical (unpaired) electrons. The summed E-state index contributed by atoms with van der Waals surface area (Å²) in [6.45, 7) is 6.28. The summed E-state index contributed by atoms with van der Waals surface area (Å²) in [6.07, 6.45) is 56.7. The molecule has 0 aromatic heterocycles. The molecule has 58 heavy (non-hydrogen) atoms. The molecule has 3 atom stereocenters. The fraction of sp³-hybridized carbons (Fsp3) is 0.731. The van der Waals surface area contributed by atoms with Crippen molar-refractivity contribution in [3.63, 3.8) is 0 Å². The van der Waals surface area contributed by atoms with E-state index in [0.717, 1.165) is 109 Å². The van der Waals surface area contributed by atoms with Crippen molar-refractivity contribution in [3.05, 3.63) is 72.9 Å². The number of ether oxygens (including phenoxy) is 1. The molecule has 0 aliphatic heterocycles. The molecule has 0 fully saturated rings. The number of nitrogens with one attached hydrogen (secondary N) is 1. The van der Waals surface area contributed by atoms with Crippen LogP contribution in [0.15, 0.2) is 72.9 Å². The first-order chi connectivity index (χ1) is 28.5. The molecular weight excluding hydrogens is 719 g/mol. The first-order valence-electron chi connectivity index (χ1n) is 24.2. The SMILES string of the molecule is CC/C=C/C=C/C=C/CCCCCCCC(CC(=O)NC(CO)C(O)CCCCCCCCCCC)OC(=O)CCCCCC/C=C\C/C=C\C/C=C\CCCCC. The molecule has 0 bridgehead atoms. The van der Waals surface area contributed by atoms with E-state index in [1.54, 1.807) is 0 Å². The summed E-state index contributed by atoms with van der Waals surface area (Å²) in [5, 5.41) is 23.6. The van der Waals surface area contributed by atoms with Crippen LogP contribution in [0.1, 0.15) is 220 Å². The number of unbranched alkanes of at least 4 members (excludes halogenated alkanes) is 20. The Hall–Kier alpha value is -2.70. The van der Waals surface area contributed by atoms with Gasteiger partial charge in [0, 0.05) is 6.42 Å². The summed E-state index contributed by atoms with van der Waals surface area (Å²) in [5.74, 6) is -0.525. The van der Waals surface area contributed by atoms with Gasteiger partial charge in [0.15, 0.2) is 0 Å². The van der Waals surface area contributed by atoms with Crippen molar-refractivity contribution in [3.8, 4) is 0 Å². The zero-order valence-corrected chi connectivity index (χ0v) is 37.9. The fourth-order valence-corrected chi connectivity index (χ4v) is 6.91. The van der Waals surface area contributed by atoms with Gasteiger partial charge in [0.25, 0.3) is 0 Å². The minimum atomic E-state index is -0.798. The first-order valence-corrected chi connectivity index (χ1v) is 24.2. The van der Waals surface area contributed by atoms with Crippen LogP contribution in [0.3, 0.4) is 0 Å². The third-order valence-corrected chi connectivity index (χ3v) is 10.6. The molecule has 0 saturated heterocycles. The van der Waals surface area contributed by atoms with Gasteiger partial charge >= 0.3 is 5.97 Å². The summed E-state index contributed by atoms with van der Waals surface area (Å²) in [4.78, 5) is 26.0. The van der Waals surface area contributed by atoms with Gasteiger partial charge in [-0.1, -0.05) is 196 Å². The predicted octanol–water partition coefficient (Wildman–Crippen LogP) is 14.2. The fourth-order valence-electron chi connectivity index (χ4n) is 6.91. The van der Waals surface area contributed by atoms with Gasteiger partial charge in [-0.3, -0.25) is 9.59 Å². The Morgan fingerprint density at radius 2 is 1.00 bits per heavy atom. The van der Waals surface area contributed by atoms with Crippen LogP contribution in [0.4, 0.5) is 0 Å². The molecule has 0 aromatic carbocycles. The second-order valence-electron chi connectivity index (χ2n) is 16.2. The van der Waals surface area contributed by atoms with Gasteiger partial charge < -0.3 is 20.3 Å². The van der Waals surface area contributed by atoms with Crippen LogP contribution in [-0.4, -0.2) is 46.9 Å². The summed E-state index contributed by atoms with van der Waals surface area (Å²) >= 11 is 0. The quantitative estimate of drug-likeness (QED) is 0.0247. The van der Waals surface area contributed by atoms with E-state index in [4.69, 9.17) is 4.74 Å². The molecule has 3 N–H and O–H groups in total. The van der Waals surface area contributed by atoms with Gasteiger partial charge in [0.2, 0.25) is 5.91 Å². The third kappa shape index (κ3) is 40.1. The number of allylic oxidation sites excluding steroid dienone is 12. The lowest BCUT2D eigenvalue weighted by Gasteiger charge is -2.24. The zero-order valence-electron chi connectivity index (χ0n) is 37.9. The highest BCUT2D eigenvalue weighted by atomic mass is 16.5. The molecule has 0 heterocycles. The van der Waals surface area contributed by atoms with Crippen molar-refractivity contribution < 1.29 is 24.5 Å². The zero-order chi connectivity index (χ0) is 42.4. The molecule has 0 aliphatic rings. The van der Waals surface area contributed by atoms with Crippen molar-refractivity contribution in [1.82, 2.24) is 5.32 Å². The summed E-state index contributed by atoms with van der Waals surface area (Å²) in [6, 6.07) is -0.714. The maximum atomic E-state index is 13.1. The van der Waals surface area contributed by atoms with E-state index in [1.165, 1.54) is 64.2 Å². The van der Waals surface area contributed by atoms with E-state index in [0.29, 0.717) is 19.3 Å². The summed E-state index contributed by atoms with van der Waals surface area (Å²) in [5.41, 5.74) is 0. The second kappa shape index (κ2) is 45.4. The van der Waals surface area contributed by atoms with E-state index in [2.05, 4.69) is 99.0 Å². The highest BCUT2D eigenvalue weighted by Gasteiger charge is 2.24. The second-order valence-corrected chi connectivity index (χ2v) is 16.2. The van der Waals surface area contributed by atoms with Crippen LogP contribution in [0, 0.1) is 0 Å². The molecule has 3 unspecified atom stereocenters. The van der Waals surface area contributed by atoms with Gasteiger partial charge in [-0.25, -0.2) is 0 Å². The Kier molecular flexibility index (Phi) is 43.3. The maximum absolute atomic E-state index is 13.1. The van der Waals surface area contributed by atoms with E-state index in [9.17, 15) is 19.8 Å². The molecule has 334 valence electrons. The van der Waals surface area contributed by atoms with Crippen LogP contribution in [-0.2, 0) is 14.3 Å². The Labute approximate surface area is 358 Å². The molecule has 0 rings (SSSR count). The summed E-state index contributed by atoms with van der Waals surface area (Å²) < 4.78 is 5.90. The Morgan fingerprint density at radius 3 is 1.59 bits per heavy atom. The number of amides is 1. The predicted molar refractivity (Wildman–Crippen MR) is 250 cm³/mol. The molecular formula is C52H91NO5. The molecule has 0 aliphatic carbocycles. The number of rotatable bonds is 42. The standard InChI is InChI=1S/C52H91NO5/c1-4-7-10-13-16-19-21-23-24-25-26-28-30-33-36-39-42-45-52(57)58-48(43-40-37-34-32-29-27-22-20-17-14-11-8-5-2)46-51(56)53-49(47-54)50(55)44-41-38-35-31-18-15-12-9-6-3/h8,11,14,16-17,19-20,22-24,26,28,48-50,54-55H,4-7,9-10,12-13,15,18,21,25,27,29-47H2,1-3H3,(H,53,56)/b11-8+,17-14+,19-16-,22-20+,24-23-,28-26-. The average Bonchev–Trinajstić information content (AvgIpc) is 3.22. The number of aliphatic hydroxyl groups excluding tert-OH is 2. The maximum Gasteiger partial charge on any atom is 0.306 e. The number of carbonyl (C=O) groups excluding carboxylic acids is 2. The number of esters is 1. The Bertz CT molecular complexity index is 1090. The number of hydrogen-bond donors (Lipinski definition) is 3. The lowest BCUT2D eigenvalue weighted by atomic mass is 10.0. The Morgan fingerprint density at radius 1 is 0.534 bits per heavy atom. The van der Waals surface area contributed by atoms with Crippen molar-refractivity contribution in [2.24, 2.45) is 0 Å². The minimum Gasteiger partial charge on any atom is -0.462 e. The molecule has 0 aromatic rings. The first kappa shape index (κ1) is 55.3. The topological polar surface area (TPSA) is 95.9 Å². The highest BCUT2D eigenvalue weighted by molar-refractivity contribution is 5.77. The number of carbonyl (C=O) groups is 2. The van der Waals surface area contributed by atoms with Crippen LogP contribution in [0.25, 0.3) is 0 Å². The smallest absolute Gasteiger partial charge is 0.306 e. The van der Waals surface area contributed by atoms with Gasteiger partial charge in [-0.05, 0) is 83.5 Å². The normalized spacial score (nSPS) is 13.9. The van der Waals surface area contributed by atoms with Crippen molar-refractivity contribution >= 4 is 11.9 Å². The molecule has 6 heteroatoms.